The van der Waals surface area contributed by atoms with Gasteiger partial charge in [0.25, 0.3) is 0 Å². The molecule has 1 rings (SSSR count). The summed E-state index contributed by atoms with van der Waals surface area (Å²) in [5.74, 6) is 0. The van der Waals surface area contributed by atoms with Gasteiger partial charge in [-0.3, -0.25) is 4.72 Å². The lowest BCUT2D eigenvalue weighted by Gasteiger charge is -2.09. The molecule has 5 heteroatoms. The first-order valence-corrected chi connectivity index (χ1v) is 7.07. The van der Waals surface area contributed by atoms with Crippen LogP contribution in [-0.2, 0) is 21.4 Å². The second kappa shape index (κ2) is 5.84. The SMILES string of the molecule is C/C=C/c1ccc(NS(C)(=O)=O)cc1COC. The Kier molecular flexibility index (Phi) is 4.72. The molecule has 0 saturated carbocycles. The van der Waals surface area contributed by atoms with Gasteiger partial charge in [0, 0.05) is 12.8 Å². The number of rotatable bonds is 5. The molecule has 0 fully saturated rings. The molecule has 94 valence electrons. The molecule has 0 spiro atoms. The molecule has 0 aliphatic rings. The van der Waals surface area contributed by atoms with Gasteiger partial charge in [-0.15, -0.1) is 0 Å². The quantitative estimate of drug-likeness (QED) is 0.878. The van der Waals surface area contributed by atoms with Gasteiger partial charge in [0.2, 0.25) is 10.0 Å². The van der Waals surface area contributed by atoms with Crippen LogP contribution >= 0.6 is 0 Å². The van der Waals surface area contributed by atoms with Gasteiger partial charge in [-0.05, 0) is 30.2 Å². The van der Waals surface area contributed by atoms with Crippen LogP contribution in [0.4, 0.5) is 5.69 Å². The summed E-state index contributed by atoms with van der Waals surface area (Å²) in [5.41, 5.74) is 2.51. The molecule has 0 aliphatic carbocycles. The van der Waals surface area contributed by atoms with Crippen molar-refractivity contribution < 1.29 is 13.2 Å². The molecule has 0 saturated heterocycles. The minimum absolute atomic E-state index is 0.443. The third-order valence-electron chi connectivity index (χ3n) is 2.09. The molecular formula is C12H17NO3S. The average Bonchev–Trinajstić information content (AvgIpc) is 2.20. The van der Waals surface area contributed by atoms with Crippen molar-refractivity contribution in [3.05, 3.63) is 35.4 Å². The van der Waals surface area contributed by atoms with Gasteiger partial charge in [0.1, 0.15) is 0 Å². The van der Waals surface area contributed by atoms with Crippen LogP contribution in [0.2, 0.25) is 0 Å². The minimum Gasteiger partial charge on any atom is -0.380 e. The van der Waals surface area contributed by atoms with Crippen LogP contribution in [0.15, 0.2) is 24.3 Å². The van der Waals surface area contributed by atoms with Gasteiger partial charge in [-0.2, -0.15) is 0 Å². The molecule has 0 radical (unpaired) electrons. The lowest BCUT2D eigenvalue weighted by atomic mass is 10.1. The molecule has 0 atom stereocenters. The maximum Gasteiger partial charge on any atom is 0.229 e. The first-order chi connectivity index (χ1) is 7.96. The molecule has 1 N–H and O–H groups in total. The van der Waals surface area contributed by atoms with Crippen LogP contribution in [-0.4, -0.2) is 21.8 Å². The van der Waals surface area contributed by atoms with E-state index in [0.29, 0.717) is 12.3 Å². The third kappa shape index (κ3) is 4.58. The van der Waals surface area contributed by atoms with Crippen molar-refractivity contribution in [2.75, 3.05) is 18.1 Å². The lowest BCUT2D eigenvalue weighted by Crippen LogP contribution is -2.10. The maximum atomic E-state index is 11.1. The van der Waals surface area contributed by atoms with E-state index in [9.17, 15) is 8.42 Å². The summed E-state index contributed by atoms with van der Waals surface area (Å²) in [6, 6.07) is 5.37. The van der Waals surface area contributed by atoms with E-state index in [-0.39, 0.29) is 0 Å². The smallest absolute Gasteiger partial charge is 0.229 e. The van der Waals surface area contributed by atoms with Crippen LogP contribution in [0.25, 0.3) is 6.08 Å². The van der Waals surface area contributed by atoms with E-state index in [0.717, 1.165) is 17.4 Å². The fraction of sp³-hybridized carbons (Fsp3) is 0.333. The van der Waals surface area contributed by atoms with Gasteiger partial charge in [-0.1, -0.05) is 18.2 Å². The van der Waals surface area contributed by atoms with Crippen molar-refractivity contribution in [1.29, 1.82) is 0 Å². The van der Waals surface area contributed by atoms with Crippen molar-refractivity contribution in [1.82, 2.24) is 0 Å². The summed E-state index contributed by atoms with van der Waals surface area (Å²) in [7, 11) is -1.64. The molecule has 0 aliphatic heterocycles. The van der Waals surface area contributed by atoms with Gasteiger partial charge in [-0.25, -0.2) is 8.42 Å². The van der Waals surface area contributed by atoms with Crippen molar-refractivity contribution >= 4 is 21.8 Å². The summed E-state index contributed by atoms with van der Waals surface area (Å²) in [6.45, 7) is 2.37. The van der Waals surface area contributed by atoms with Crippen LogP contribution in [0, 0.1) is 0 Å². The van der Waals surface area contributed by atoms with Gasteiger partial charge in [0.15, 0.2) is 0 Å². The third-order valence-corrected chi connectivity index (χ3v) is 2.70. The van der Waals surface area contributed by atoms with E-state index in [1.807, 2.05) is 25.1 Å². The minimum atomic E-state index is -3.24. The Balaban J connectivity index is 3.09. The molecule has 0 bridgehead atoms. The fourth-order valence-corrected chi connectivity index (χ4v) is 2.06. The zero-order valence-corrected chi connectivity index (χ0v) is 11.0. The second-order valence-electron chi connectivity index (χ2n) is 3.72. The highest BCUT2D eigenvalue weighted by atomic mass is 32.2. The highest BCUT2D eigenvalue weighted by Gasteiger charge is 2.05. The summed E-state index contributed by atoms with van der Waals surface area (Å²) in [4.78, 5) is 0. The predicted octanol–water partition coefficient (Wildman–Crippen LogP) is 2.24. The number of benzene rings is 1. The van der Waals surface area contributed by atoms with Gasteiger partial charge < -0.3 is 4.74 Å². The van der Waals surface area contributed by atoms with E-state index in [1.54, 1.807) is 19.2 Å². The Hall–Kier alpha value is -1.33. The second-order valence-corrected chi connectivity index (χ2v) is 5.47. The molecule has 0 heterocycles. The molecule has 0 aromatic heterocycles. The average molecular weight is 255 g/mol. The Morgan fingerprint density at radius 3 is 2.65 bits per heavy atom. The Labute approximate surface area is 102 Å². The number of hydrogen-bond acceptors (Lipinski definition) is 3. The number of sulfonamides is 1. The summed E-state index contributed by atoms with van der Waals surface area (Å²) in [6.07, 6.45) is 5.01. The molecule has 0 amide bonds. The zero-order chi connectivity index (χ0) is 12.9. The topological polar surface area (TPSA) is 55.4 Å². The molecule has 1 aromatic rings. The summed E-state index contributed by atoms with van der Waals surface area (Å²) < 4.78 is 29.8. The molecule has 0 unspecified atom stereocenters. The summed E-state index contributed by atoms with van der Waals surface area (Å²) in [5, 5.41) is 0. The van der Waals surface area contributed by atoms with Crippen LogP contribution in [0.1, 0.15) is 18.1 Å². The van der Waals surface area contributed by atoms with Gasteiger partial charge >= 0.3 is 0 Å². The van der Waals surface area contributed by atoms with Crippen LogP contribution < -0.4 is 4.72 Å². The van der Waals surface area contributed by atoms with Gasteiger partial charge in [0.05, 0.1) is 12.9 Å². The normalized spacial score (nSPS) is 11.9. The monoisotopic (exact) mass is 255 g/mol. The van der Waals surface area contributed by atoms with E-state index in [4.69, 9.17) is 4.74 Å². The standard InChI is InChI=1S/C12H17NO3S/c1-4-5-10-6-7-12(13-17(3,14)15)8-11(10)9-16-2/h4-8,13H,9H2,1-3H3/b5-4+. The largest absolute Gasteiger partial charge is 0.380 e. The van der Waals surface area contributed by atoms with Crippen molar-refractivity contribution in [3.63, 3.8) is 0 Å². The number of allylic oxidation sites excluding steroid dienone is 1. The van der Waals surface area contributed by atoms with Crippen molar-refractivity contribution in [3.8, 4) is 0 Å². The van der Waals surface area contributed by atoms with E-state index < -0.39 is 10.0 Å². The zero-order valence-electron chi connectivity index (χ0n) is 10.2. The predicted molar refractivity (Wildman–Crippen MR) is 70.3 cm³/mol. The maximum absolute atomic E-state index is 11.1. The highest BCUT2D eigenvalue weighted by molar-refractivity contribution is 7.92. The number of anilines is 1. The first kappa shape index (κ1) is 13.7. The van der Waals surface area contributed by atoms with E-state index >= 15 is 0 Å². The summed E-state index contributed by atoms with van der Waals surface area (Å²) >= 11 is 0. The molecule has 1 aromatic carbocycles. The lowest BCUT2D eigenvalue weighted by molar-refractivity contribution is 0.185. The Morgan fingerprint density at radius 1 is 1.41 bits per heavy atom. The van der Waals surface area contributed by atoms with Crippen LogP contribution in [0.5, 0.6) is 0 Å². The molecule has 17 heavy (non-hydrogen) atoms. The number of methoxy groups -OCH3 is 1. The molecule has 4 nitrogen and oxygen atoms in total. The molecular weight excluding hydrogens is 238 g/mol. The fourth-order valence-electron chi connectivity index (χ4n) is 1.51. The first-order valence-electron chi connectivity index (χ1n) is 5.18. The Bertz CT molecular complexity index is 506. The van der Waals surface area contributed by atoms with E-state index in [2.05, 4.69) is 4.72 Å². The van der Waals surface area contributed by atoms with Crippen molar-refractivity contribution in [2.24, 2.45) is 0 Å². The highest BCUT2D eigenvalue weighted by Crippen LogP contribution is 2.19. The Morgan fingerprint density at radius 2 is 2.12 bits per heavy atom. The number of ether oxygens (including phenoxy) is 1. The van der Waals surface area contributed by atoms with Crippen LogP contribution in [0.3, 0.4) is 0 Å². The number of hydrogen-bond donors (Lipinski definition) is 1. The van der Waals surface area contributed by atoms with Crippen molar-refractivity contribution in [2.45, 2.75) is 13.5 Å². The van der Waals surface area contributed by atoms with E-state index in [1.165, 1.54) is 0 Å². The number of nitrogens with one attached hydrogen (secondary N) is 1.